The van der Waals surface area contributed by atoms with Crippen LogP contribution in [0.4, 0.5) is 5.69 Å². The minimum absolute atomic E-state index is 0.176. The molecule has 1 aromatic carbocycles. The second-order valence-corrected chi connectivity index (χ2v) is 5.79. The highest BCUT2D eigenvalue weighted by Gasteiger charge is 2.52. The van der Waals surface area contributed by atoms with Crippen LogP contribution in [-0.2, 0) is 4.79 Å². The fraction of sp³-hybridized carbons (Fsp3) is 0.273. The minimum atomic E-state index is -0.666. The Kier molecular flexibility index (Phi) is 3.43. The Morgan fingerprint density at radius 3 is 2.71 bits per heavy atom. The van der Waals surface area contributed by atoms with Crippen molar-refractivity contribution in [2.75, 3.05) is 5.32 Å². The molecule has 0 unspecified atom stereocenters. The monoisotopic (exact) mass is 332 g/mol. The first kappa shape index (κ1) is 12.8. The molecular weight excluding hydrogens is 324 g/mol. The Bertz CT molecular complexity index is 502. The van der Waals surface area contributed by atoms with Gasteiger partial charge < -0.3 is 11.1 Å². The molecule has 0 radical (unpaired) electrons. The number of benzene rings is 1. The molecule has 0 saturated heterocycles. The van der Waals surface area contributed by atoms with E-state index in [0.717, 1.165) is 4.47 Å². The van der Waals surface area contributed by atoms with E-state index in [1.807, 2.05) is 0 Å². The molecule has 1 aliphatic rings. The summed E-state index contributed by atoms with van der Waals surface area (Å²) < 4.78 is 0.845. The van der Waals surface area contributed by atoms with Crippen LogP contribution in [0.15, 0.2) is 22.7 Å². The van der Waals surface area contributed by atoms with Crippen LogP contribution in [0.25, 0.3) is 0 Å². The van der Waals surface area contributed by atoms with Crippen molar-refractivity contribution in [3.8, 4) is 0 Å². The maximum Gasteiger partial charge on any atom is 0.237 e. The largest absolute Gasteiger partial charge is 0.392 e. The summed E-state index contributed by atoms with van der Waals surface area (Å²) in [6, 6.07) is 5.26. The van der Waals surface area contributed by atoms with Gasteiger partial charge in [-0.2, -0.15) is 0 Å². The van der Waals surface area contributed by atoms with Crippen LogP contribution in [0.2, 0.25) is 5.02 Å². The van der Waals surface area contributed by atoms with Crippen molar-refractivity contribution < 1.29 is 4.79 Å². The van der Waals surface area contributed by atoms with Gasteiger partial charge in [0.15, 0.2) is 0 Å². The maximum atomic E-state index is 12.0. The number of halogens is 2. The van der Waals surface area contributed by atoms with Crippen molar-refractivity contribution in [3.05, 3.63) is 27.7 Å². The van der Waals surface area contributed by atoms with E-state index >= 15 is 0 Å². The summed E-state index contributed by atoms with van der Waals surface area (Å²) in [5.41, 5.74) is 5.48. The number of thiocarbonyl (C=S) groups is 1. The summed E-state index contributed by atoms with van der Waals surface area (Å²) in [4.78, 5) is 12.3. The lowest BCUT2D eigenvalue weighted by atomic mass is 10.1. The third kappa shape index (κ3) is 2.46. The molecule has 2 rings (SSSR count). The van der Waals surface area contributed by atoms with Crippen molar-refractivity contribution >= 4 is 56.3 Å². The summed E-state index contributed by atoms with van der Waals surface area (Å²) in [6.07, 6.45) is 1.42. The number of hydrogen-bond acceptors (Lipinski definition) is 2. The highest BCUT2D eigenvalue weighted by atomic mass is 79.9. The summed E-state index contributed by atoms with van der Waals surface area (Å²) >= 11 is 14.2. The average Bonchev–Trinajstić information content (AvgIpc) is 3.04. The normalized spacial score (nSPS) is 16.4. The molecule has 1 aromatic rings. The lowest BCUT2D eigenvalue weighted by Gasteiger charge is -2.14. The molecule has 1 aliphatic carbocycles. The Balaban J connectivity index is 2.19. The number of nitrogens with one attached hydrogen (secondary N) is 1. The third-order valence-corrected chi connectivity index (χ3v) is 4.05. The fourth-order valence-electron chi connectivity index (χ4n) is 1.55. The third-order valence-electron chi connectivity index (χ3n) is 2.83. The van der Waals surface area contributed by atoms with E-state index in [1.54, 1.807) is 18.2 Å². The molecule has 3 N–H and O–H groups in total. The highest BCUT2D eigenvalue weighted by molar-refractivity contribution is 9.10. The number of anilines is 1. The number of nitrogens with two attached hydrogens (primary N) is 1. The van der Waals surface area contributed by atoms with Gasteiger partial charge in [0.2, 0.25) is 5.91 Å². The quantitative estimate of drug-likeness (QED) is 0.836. The van der Waals surface area contributed by atoms with Crippen molar-refractivity contribution in [1.29, 1.82) is 0 Å². The van der Waals surface area contributed by atoms with Gasteiger partial charge in [0.05, 0.1) is 21.1 Å². The zero-order valence-corrected chi connectivity index (χ0v) is 12.0. The van der Waals surface area contributed by atoms with Crippen LogP contribution in [0.1, 0.15) is 12.8 Å². The minimum Gasteiger partial charge on any atom is -0.392 e. The first-order valence-electron chi connectivity index (χ1n) is 5.02. The van der Waals surface area contributed by atoms with E-state index < -0.39 is 5.41 Å². The van der Waals surface area contributed by atoms with Crippen LogP contribution in [0.5, 0.6) is 0 Å². The standard InChI is InChI=1S/C11H10BrClN2OS/c12-6-1-2-7(13)8(5-6)15-10(16)11(3-4-11)9(14)17/h1-2,5H,3-4H2,(H2,14,17)(H,15,16). The van der Waals surface area contributed by atoms with Gasteiger partial charge in [-0.05, 0) is 31.0 Å². The van der Waals surface area contributed by atoms with E-state index in [9.17, 15) is 4.79 Å². The average molecular weight is 334 g/mol. The van der Waals surface area contributed by atoms with Crippen LogP contribution in [-0.4, -0.2) is 10.9 Å². The summed E-state index contributed by atoms with van der Waals surface area (Å²) in [5.74, 6) is -0.176. The van der Waals surface area contributed by atoms with Gasteiger partial charge in [0.25, 0.3) is 0 Å². The zero-order valence-electron chi connectivity index (χ0n) is 8.80. The van der Waals surface area contributed by atoms with Crippen LogP contribution < -0.4 is 11.1 Å². The Labute approximate surface area is 118 Å². The van der Waals surface area contributed by atoms with Crippen LogP contribution in [0.3, 0.4) is 0 Å². The zero-order chi connectivity index (χ0) is 12.6. The molecular formula is C11H10BrClN2OS. The van der Waals surface area contributed by atoms with Gasteiger partial charge in [-0.15, -0.1) is 0 Å². The van der Waals surface area contributed by atoms with Gasteiger partial charge in [-0.1, -0.05) is 39.7 Å². The second-order valence-electron chi connectivity index (χ2n) is 4.02. The molecule has 1 amide bonds. The molecule has 0 bridgehead atoms. The molecule has 1 saturated carbocycles. The first-order chi connectivity index (χ1) is 7.95. The first-order valence-corrected chi connectivity index (χ1v) is 6.60. The topological polar surface area (TPSA) is 55.1 Å². The highest BCUT2D eigenvalue weighted by Crippen LogP contribution is 2.47. The molecule has 0 heterocycles. The molecule has 0 aliphatic heterocycles. The van der Waals surface area contributed by atoms with Gasteiger partial charge in [0, 0.05) is 4.47 Å². The fourth-order valence-corrected chi connectivity index (χ4v) is 2.37. The van der Waals surface area contributed by atoms with E-state index in [-0.39, 0.29) is 10.9 Å². The Hall–Kier alpha value is -0.650. The molecule has 3 nitrogen and oxygen atoms in total. The van der Waals surface area contributed by atoms with Crippen molar-refractivity contribution in [3.63, 3.8) is 0 Å². The number of amides is 1. The SMILES string of the molecule is NC(=S)C1(C(=O)Nc2cc(Br)ccc2Cl)CC1. The van der Waals surface area contributed by atoms with Crippen LogP contribution in [0, 0.1) is 5.41 Å². The lowest BCUT2D eigenvalue weighted by molar-refractivity contribution is -0.118. The van der Waals surface area contributed by atoms with E-state index in [1.165, 1.54) is 0 Å². The summed E-state index contributed by atoms with van der Waals surface area (Å²) in [7, 11) is 0. The predicted octanol–water partition coefficient (Wildman–Crippen LogP) is 3.11. The van der Waals surface area contributed by atoms with Crippen molar-refractivity contribution in [2.24, 2.45) is 11.1 Å². The maximum absolute atomic E-state index is 12.0. The van der Waals surface area contributed by atoms with Gasteiger partial charge >= 0.3 is 0 Å². The van der Waals surface area contributed by atoms with Crippen molar-refractivity contribution in [2.45, 2.75) is 12.8 Å². The number of carbonyl (C=O) groups excluding carboxylic acids is 1. The number of hydrogen-bond donors (Lipinski definition) is 2. The van der Waals surface area contributed by atoms with Gasteiger partial charge in [0.1, 0.15) is 0 Å². The molecule has 17 heavy (non-hydrogen) atoms. The molecule has 1 fully saturated rings. The van der Waals surface area contributed by atoms with Crippen LogP contribution >= 0.6 is 39.7 Å². The number of rotatable bonds is 3. The van der Waals surface area contributed by atoms with E-state index in [4.69, 9.17) is 29.6 Å². The molecule has 6 heteroatoms. The number of carbonyl (C=O) groups is 1. The van der Waals surface area contributed by atoms with Gasteiger partial charge in [-0.3, -0.25) is 4.79 Å². The molecule has 0 aromatic heterocycles. The summed E-state index contributed by atoms with van der Waals surface area (Å²) in [6.45, 7) is 0. The van der Waals surface area contributed by atoms with Crippen molar-refractivity contribution in [1.82, 2.24) is 0 Å². The molecule has 90 valence electrons. The Morgan fingerprint density at radius 2 is 2.18 bits per heavy atom. The molecule has 0 spiro atoms. The van der Waals surface area contributed by atoms with Gasteiger partial charge in [-0.25, -0.2) is 0 Å². The smallest absolute Gasteiger partial charge is 0.237 e. The predicted molar refractivity (Wildman–Crippen MR) is 76.2 cm³/mol. The van der Waals surface area contributed by atoms with E-state index in [2.05, 4.69) is 21.2 Å². The Morgan fingerprint density at radius 1 is 1.53 bits per heavy atom. The molecule has 0 atom stereocenters. The lowest BCUT2D eigenvalue weighted by Crippen LogP contribution is -2.35. The van der Waals surface area contributed by atoms with E-state index in [0.29, 0.717) is 23.6 Å². The summed E-state index contributed by atoms with van der Waals surface area (Å²) in [5, 5.41) is 3.25. The second kappa shape index (κ2) is 4.55.